The molecule has 0 saturated heterocycles. The predicted octanol–water partition coefficient (Wildman–Crippen LogP) is 13.5. The highest BCUT2D eigenvalue weighted by Crippen LogP contribution is 2.41. The van der Waals surface area contributed by atoms with E-state index in [4.69, 9.17) is 24.4 Å². The third-order valence-electron chi connectivity index (χ3n) is 10.3. The van der Waals surface area contributed by atoms with Gasteiger partial charge < -0.3 is 4.42 Å². The Kier molecular flexibility index (Phi) is 7.60. The summed E-state index contributed by atoms with van der Waals surface area (Å²) in [6, 6.07) is 63.0. The summed E-state index contributed by atoms with van der Waals surface area (Å²) >= 11 is 1.80. The van der Waals surface area contributed by atoms with Crippen molar-refractivity contribution in [2.24, 2.45) is 0 Å². The summed E-state index contributed by atoms with van der Waals surface area (Å²) in [4.78, 5) is 20.4. The maximum atomic E-state index is 6.60. The Labute approximate surface area is 326 Å². The molecule has 5 nitrogen and oxygen atoms in total. The van der Waals surface area contributed by atoms with Gasteiger partial charge in [0.25, 0.3) is 0 Å². The Balaban J connectivity index is 1.10. The molecule has 0 N–H and O–H groups in total. The van der Waals surface area contributed by atoms with Gasteiger partial charge >= 0.3 is 0 Å². The third-order valence-corrected chi connectivity index (χ3v) is 11.5. The van der Waals surface area contributed by atoms with Crippen LogP contribution < -0.4 is 0 Å². The molecule has 0 aliphatic rings. The van der Waals surface area contributed by atoms with Crippen molar-refractivity contribution in [3.05, 3.63) is 182 Å². The summed E-state index contributed by atoms with van der Waals surface area (Å²) in [5, 5.41) is 4.77. The molecule has 0 amide bonds. The second-order valence-corrected chi connectivity index (χ2v) is 15.0. The lowest BCUT2D eigenvalue weighted by Crippen LogP contribution is -2.00. The van der Waals surface area contributed by atoms with Crippen molar-refractivity contribution in [3.63, 3.8) is 0 Å². The fourth-order valence-electron chi connectivity index (χ4n) is 7.52. The summed E-state index contributed by atoms with van der Waals surface area (Å²) < 4.78 is 9.08. The van der Waals surface area contributed by atoms with E-state index in [0.717, 1.165) is 55.3 Å². The van der Waals surface area contributed by atoms with Crippen molar-refractivity contribution < 1.29 is 4.42 Å². The molecule has 0 spiro atoms. The monoisotopic (exact) mass is 734 g/mol. The first-order valence-electron chi connectivity index (χ1n) is 18.5. The molecule has 0 fully saturated rings. The minimum atomic E-state index is 0.559. The molecule has 3 aromatic heterocycles. The van der Waals surface area contributed by atoms with Gasteiger partial charge in [-0.05, 0) is 76.0 Å². The number of nitrogens with zero attached hydrogens (tertiary/aromatic N) is 4. The Morgan fingerprint density at radius 2 is 0.929 bits per heavy atom. The Hall–Kier alpha value is -7.28. The van der Waals surface area contributed by atoms with Gasteiger partial charge in [0.1, 0.15) is 5.52 Å². The predicted molar refractivity (Wildman–Crippen MR) is 230 cm³/mol. The minimum Gasteiger partial charge on any atom is -0.435 e. The van der Waals surface area contributed by atoms with Crippen LogP contribution in [0.4, 0.5) is 0 Å². The average molecular weight is 735 g/mol. The first-order valence-corrected chi connectivity index (χ1v) is 19.4. The highest BCUT2D eigenvalue weighted by molar-refractivity contribution is 7.25. The van der Waals surface area contributed by atoms with Gasteiger partial charge in [-0.15, -0.1) is 11.3 Å². The fourth-order valence-corrected chi connectivity index (χ4v) is 8.66. The number of hydrogen-bond donors (Lipinski definition) is 0. The molecule has 11 aromatic rings. The molecular weight excluding hydrogens is 705 g/mol. The number of fused-ring (bicyclic) bond motifs is 5. The van der Waals surface area contributed by atoms with E-state index in [1.165, 1.54) is 31.3 Å². The van der Waals surface area contributed by atoms with E-state index >= 15 is 0 Å². The highest BCUT2D eigenvalue weighted by atomic mass is 32.1. The summed E-state index contributed by atoms with van der Waals surface area (Å²) in [6.45, 7) is 0. The van der Waals surface area contributed by atoms with Crippen LogP contribution in [-0.2, 0) is 0 Å². The lowest BCUT2D eigenvalue weighted by molar-refractivity contribution is 0.621. The molecule has 11 rings (SSSR count). The Morgan fingerprint density at radius 3 is 1.68 bits per heavy atom. The number of aromatic nitrogens is 4. The molecule has 6 heteroatoms. The van der Waals surface area contributed by atoms with Crippen LogP contribution in [0, 0.1) is 0 Å². The van der Waals surface area contributed by atoms with Gasteiger partial charge in [-0.1, -0.05) is 133 Å². The van der Waals surface area contributed by atoms with Crippen LogP contribution in [-0.4, -0.2) is 19.9 Å². The van der Waals surface area contributed by atoms with Crippen molar-refractivity contribution in [3.8, 4) is 67.9 Å². The molecule has 0 aliphatic heterocycles. The zero-order valence-electron chi connectivity index (χ0n) is 29.9. The van der Waals surface area contributed by atoms with Gasteiger partial charge in [-0.2, -0.15) is 0 Å². The van der Waals surface area contributed by atoms with Crippen LogP contribution in [0.3, 0.4) is 0 Å². The lowest BCUT2D eigenvalue weighted by atomic mass is 9.99. The van der Waals surface area contributed by atoms with Gasteiger partial charge in [0.15, 0.2) is 23.1 Å². The molecule has 0 aliphatic carbocycles. The Bertz CT molecular complexity index is 3250. The SMILES string of the molecule is c1ccc(-c2ccc3cc(-c4nc(-c5ccccc5)nc(-c5cc(-c6ccc7c(c6)sc6ccccc67)c6oc(-c7ccccc7)nc6c5)n4)ccc3c2)cc1. The van der Waals surface area contributed by atoms with Crippen molar-refractivity contribution in [1.29, 1.82) is 0 Å². The Morgan fingerprint density at radius 1 is 0.357 bits per heavy atom. The maximum absolute atomic E-state index is 6.60. The van der Waals surface area contributed by atoms with Gasteiger partial charge in [-0.3, -0.25) is 0 Å². The topological polar surface area (TPSA) is 64.7 Å². The number of hydrogen-bond acceptors (Lipinski definition) is 6. The molecule has 262 valence electrons. The zero-order valence-corrected chi connectivity index (χ0v) is 30.7. The van der Waals surface area contributed by atoms with Gasteiger partial charge in [0.2, 0.25) is 5.89 Å². The standard InChI is InChI=1S/C50H30N4OS/c1-4-12-31(13-5-1)34-20-21-36-27-38(23-22-35(36)26-34)48-52-47(32-14-6-2-7-15-32)53-49(54-48)39-28-42(46-43(29-39)51-50(55-46)33-16-8-3-9-17-33)37-24-25-41-40-18-10-11-19-44(40)56-45(41)30-37/h1-30H. The van der Waals surface area contributed by atoms with E-state index in [-0.39, 0.29) is 0 Å². The van der Waals surface area contributed by atoms with Crippen LogP contribution >= 0.6 is 11.3 Å². The second kappa shape index (κ2) is 13.2. The third kappa shape index (κ3) is 5.72. The minimum absolute atomic E-state index is 0.559. The van der Waals surface area contributed by atoms with Crippen molar-refractivity contribution in [2.45, 2.75) is 0 Å². The van der Waals surface area contributed by atoms with Crippen molar-refractivity contribution >= 4 is 53.4 Å². The van der Waals surface area contributed by atoms with Gasteiger partial charge in [0, 0.05) is 48.0 Å². The second-order valence-electron chi connectivity index (χ2n) is 13.9. The average Bonchev–Trinajstić information content (AvgIpc) is 3.88. The number of oxazole rings is 1. The van der Waals surface area contributed by atoms with E-state index in [0.29, 0.717) is 23.4 Å². The van der Waals surface area contributed by atoms with Crippen molar-refractivity contribution in [1.82, 2.24) is 19.9 Å². The largest absolute Gasteiger partial charge is 0.435 e. The van der Waals surface area contributed by atoms with E-state index in [1.807, 2.05) is 72.8 Å². The van der Waals surface area contributed by atoms with Gasteiger partial charge in [-0.25, -0.2) is 19.9 Å². The fraction of sp³-hybridized carbons (Fsp3) is 0. The quantitative estimate of drug-likeness (QED) is 0.170. The first-order chi connectivity index (χ1) is 27.7. The number of rotatable bonds is 6. The highest BCUT2D eigenvalue weighted by Gasteiger charge is 2.20. The molecule has 56 heavy (non-hydrogen) atoms. The van der Waals surface area contributed by atoms with Crippen LogP contribution in [0.1, 0.15) is 0 Å². The van der Waals surface area contributed by atoms with Crippen LogP contribution in [0.15, 0.2) is 186 Å². The maximum Gasteiger partial charge on any atom is 0.227 e. The molecule has 3 heterocycles. The summed E-state index contributed by atoms with van der Waals surface area (Å²) in [5.41, 5.74) is 9.35. The lowest BCUT2D eigenvalue weighted by Gasteiger charge is -2.11. The number of benzene rings is 8. The van der Waals surface area contributed by atoms with E-state index in [2.05, 4.69) is 109 Å². The molecule has 0 bridgehead atoms. The normalized spacial score (nSPS) is 11.6. The van der Waals surface area contributed by atoms with Crippen LogP contribution in [0.25, 0.3) is 110 Å². The van der Waals surface area contributed by atoms with Crippen LogP contribution in [0.2, 0.25) is 0 Å². The molecular formula is C50H30N4OS. The van der Waals surface area contributed by atoms with Crippen molar-refractivity contribution in [2.75, 3.05) is 0 Å². The number of thiophene rings is 1. The summed E-state index contributed by atoms with van der Waals surface area (Å²) in [7, 11) is 0. The first kappa shape index (κ1) is 32.2. The smallest absolute Gasteiger partial charge is 0.227 e. The van der Waals surface area contributed by atoms with E-state index < -0.39 is 0 Å². The summed E-state index contributed by atoms with van der Waals surface area (Å²) in [5.74, 6) is 2.32. The molecule has 0 saturated carbocycles. The molecule has 8 aromatic carbocycles. The van der Waals surface area contributed by atoms with Gasteiger partial charge in [0.05, 0.1) is 0 Å². The summed E-state index contributed by atoms with van der Waals surface area (Å²) in [6.07, 6.45) is 0. The molecule has 0 atom stereocenters. The van der Waals surface area contributed by atoms with Crippen LogP contribution in [0.5, 0.6) is 0 Å². The molecule has 0 radical (unpaired) electrons. The zero-order chi connectivity index (χ0) is 37.0. The van der Waals surface area contributed by atoms with E-state index in [1.54, 1.807) is 11.3 Å². The van der Waals surface area contributed by atoms with E-state index in [9.17, 15) is 0 Å². The molecule has 0 unspecified atom stereocenters.